The molecule has 9 heteroatoms. The fourth-order valence-corrected chi connectivity index (χ4v) is 6.38. The van der Waals surface area contributed by atoms with E-state index in [1.54, 1.807) is 11.3 Å². The second kappa shape index (κ2) is 10.6. The maximum Gasteiger partial charge on any atom is 0.291 e. The van der Waals surface area contributed by atoms with E-state index < -0.39 is 0 Å². The molecule has 0 unspecified atom stereocenters. The third-order valence-electron chi connectivity index (χ3n) is 7.42. The Morgan fingerprint density at radius 2 is 1.94 bits per heavy atom. The van der Waals surface area contributed by atoms with Crippen LogP contribution in [-0.2, 0) is 17.8 Å². The number of hydrogen-bond acceptors (Lipinski definition) is 6. The fourth-order valence-electron chi connectivity index (χ4n) is 5.57. The Morgan fingerprint density at radius 1 is 1.15 bits per heavy atom. The lowest BCUT2D eigenvalue weighted by atomic mass is 10.00. The van der Waals surface area contributed by atoms with Gasteiger partial charge in [0.05, 0.1) is 10.2 Å². The Hall–Kier alpha value is -2.23. The molecular formula is C25H36N6O2S. The van der Waals surface area contributed by atoms with Crippen molar-refractivity contribution in [3.63, 3.8) is 0 Å². The molecule has 0 aliphatic carbocycles. The number of aryl methyl sites for hydroxylation is 1. The van der Waals surface area contributed by atoms with Crippen LogP contribution in [0.2, 0.25) is 0 Å². The molecule has 2 fully saturated rings. The maximum atomic E-state index is 13.0. The van der Waals surface area contributed by atoms with Crippen LogP contribution in [0.3, 0.4) is 0 Å². The molecule has 2 aliphatic heterocycles. The van der Waals surface area contributed by atoms with Crippen molar-refractivity contribution < 1.29 is 4.79 Å². The highest BCUT2D eigenvalue weighted by molar-refractivity contribution is 7.17. The average Bonchev–Trinajstić information content (AvgIpc) is 3.47. The van der Waals surface area contributed by atoms with Gasteiger partial charge in [-0.15, -0.1) is 11.3 Å². The molecule has 0 saturated carbocycles. The summed E-state index contributed by atoms with van der Waals surface area (Å²) in [5.74, 6) is 0.641. The van der Waals surface area contributed by atoms with E-state index in [2.05, 4.69) is 20.2 Å². The summed E-state index contributed by atoms with van der Waals surface area (Å²) in [7, 11) is 0. The van der Waals surface area contributed by atoms with Crippen molar-refractivity contribution in [3.8, 4) is 0 Å². The first-order valence-electron chi connectivity index (χ1n) is 12.9. The third-order valence-corrected chi connectivity index (χ3v) is 8.27. The second-order valence-corrected chi connectivity index (χ2v) is 10.6. The zero-order chi connectivity index (χ0) is 23.5. The fraction of sp³-hybridized carbons (Fsp3) is 0.640. The summed E-state index contributed by atoms with van der Waals surface area (Å²) in [5.41, 5.74) is 1.39. The van der Waals surface area contributed by atoms with Crippen LogP contribution in [0.25, 0.3) is 15.7 Å². The zero-order valence-electron chi connectivity index (χ0n) is 20.2. The number of piperidine rings is 2. The van der Waals surface area contributed by atoms with Crippen molar-refractivity contribution in [1.29, 1.82) is 0 Å². The third kappa shape index (κ3) is 4.92. The van der Waals surface area contributed by atoms with Gasteiger partial charge in [0.15, 0.2) is 0 Å². The highest BCUT2D eigenvalue weighted by Crippen LogP contribution is 2.25. The summed E-state index contributed by atoms with van der Waals surface area (Å²) in [6, 6.07) is 4.69. The number of aromatic nitrogens is 3. The number of fused-ring (bicyclic) bond motifs is 3. The van der Waals surface area contributed by atoms with Crippen molar-refractivity contribution in [2.45, 2.75) is 64.5 Å². The molecule has 0 spiro atoms. The zero-order valence-corrected chi connectivity index (χ0v) is 21.0. The number of hydrogen-bond donors (Lipinski definition) is 1. The maximum absolute atomic E-state index is 13.0. The lowest BCUT2D eigenvalue weighted by Crippen LogP contribution is -2.47. The Kier molecular flexibility index (Phi) is 7.32. The minimum atomic E-state index is -0.215. The monoisotopic (exact) mass is 484 g/mol. The van der Waals surface area contributed by atoms with Crippen LogP contribution >= 0.6 is 11.3 Å². The van der Waals surface area contributed by atoms with Gasteiger partial charge in [-0.05, 0) is 82.3 Å². The summed E-state index contributed by atoms with van der Waals surface area (Å²) in [6.07, 6.45) is 8.26. The quantitative estimate of drug-likeness (QED) is 0.498. The summed E-state index contributed by atoms with van der Waals surface area (Å²) >= 11 is 1.61. The van der Waals surface area contributed by atoms with Crippen LogP contribution in [0.1, 0.15) is 51.3 Å². The highest BCUT2D eigenvalue weighted by atomic mass is 32.1. The van der Waals surface area contributed by atoms with E-state index in [0.717, 1.165) is 48.1 Å². The van der Waals surface area contributed by atoms with Gasteiger partial charge in [-0.25, -0.2) is 4.68 Å². The van der Waals surface area contributed by atoms with Gasteiger partial charge in [0.1, 0.15) is 17.9 Å². The van der Waals surface area contributed by atoms with Crippen LogP contribution in [0.5, 0.6) is 0 Å². The van der Waals surface area contributed by atoms with Crippen LogP contribution in [0.4, 0.5) is 0 Å². The van der Waals surface area contributed by atoms with Crippen LogP contribution < -0.4 is 10.9 Å². The smallest absolute Gasteiger partial charge is 0.291 e. The highest BCUT2D eigenvalue weighted by Gasteiger charge is 2.25. The molecule has 3 aromatic rings. The normalized spacial score (nSPS) is 18.7. The second-order valence-electron chi connectivity index (χ2n) is 9.64. The van der Waals surface area contributed by atoms with E-state index in [1.165, 1.54) is 49.9 Å². The summed E-state index contributed by atoms with van der Waals surface area (Å²) in [5, 5.41) is 9.51. The van der Waals surface area contributed by atoms with Crippen molar-refractivity contribution in [3.05, 3.63) is 33.7 Å². The van der Waals surface area contributed by atoms with Gasteiger partial charge in [0, 0.05) is 19.0 Å². The molecule has 2 saturated heterocycles. The van der Waals surface area contributed by atoms with Gasteiger partial charge in [0.2, 0.25) is 5.91 Å². The van der Waals surface area contributed by atoms with Crippen molar-refractivity contribution in [2.24, 2.45) is 0 Å². The Balaban J connectivity index is 1.09. The number of amides is 1. The van der Waals surface area contributed by atoms with Crippen molar-refractivity contribution in [1.82, 2.24) is 29.3 Å². The number of rotatable bonds is 8. The van der Waals surface area contributed by atoms with Crippen molar-refractivity contribution in [2.75, 3.05) is 39.3 Å². The molecule has 5 heterocycles. The molecule has 0 aromatic carbocycles. The largest absolute Gasteiger partial charge is 0.354 e. The molecule has 1 N–H and O–H groups in total. The van der Waals surface area contributed by atoms with Crippen LogP contribution in [0, 0.1) is 0 Å². The molecule has 34 heavy (non-hydrogen) atoms. The first-order chi connectivity index (χ1) is 16.6. The summed E-state index contributed by atoms with van der Waals surface area (Å²) in [4.78, 5) is 30.8. The molecule has 3 aromatic heterocycles. The molecule has 2 aliphatic rings. The number of nitrogens with zero attached hydrogens (tertiary/aromatic N) is 5. The number of carbonyl (C=O) groups is 1. The van der Waals surface area contributed by atoms with Gasteiger partial charge < -0.3 is 15.1 Å². The SMILES string of the molecule is CCc1nn(CC(=O)NCCCN2CCC(N3CCCCC3)CC2)c(=O)c2cc3sccc3n12. The van der Waals surface area contributed by atoms with Gasteiger partial charge in [-0.2, -0.15) is 5.10 Å². The molecule has 5 rings (SSSR count). The standard InChI is InChI=1S/C25H36N6O2S/c1-2-23-27-30(25(33)21-17-22-20(31(21)23)9-16-34-22)18-24(32)26-10-6-11-28-14-7-19(8-15-28)29-12-4-3-5-13-29/h9,16-17,19H,2-8,10-15,18H2,1H3,(H,26,32). The average molecular weight is 485 g/mol. The van der Waals surface area contributed by atoms with Crippen LogP contribution in [-0.4, -0.2) is 75.2 Å². The summed E-state index contributed by atoms with van der Waals surface area (Å²) in [6.45, 7) is 8.49. The number of likely N-dealkylation sites (tertiary alicyclic amines) is 2. The predicted octanol–water partition coefficient (Wildman–Crippen LogP) is 2.73. The topological polar surface area (TPSA) is 74.9 Å². The van der Waals surface area contributed by atoms with Gasteiger partial charge in [0.25, 0.3) is 5.56 Å². The Labute approximate surface area is 204 Å². The molecule has 0 atom stereocenters. The van der Waals surface area contributed by atoms with E-state index in [0.29, 0.717) is 18.5 Å². The van der Waals surface area contributed by atoms with Gasteiger partial charge in [-0.1, -0.05) is 13.3 Å². The molecular weight excluding hydrogens is 448 g/mol. The molecule has 184 valence electrons. The Morgan fingerprint density at radius 3 is 2.71 bits per heavy atom. The summed E-state index contributed by atoms with van der Waals surface area (Å²) < 4.78 is 4.31. The predicted molar refractivity (Wildman–Crippen MR) is 137 cm³/mol. The number of thiophene rings is 1. The van der Waals surface area contributed by atoms with Crippen molar-refractivity contribution >= 4 is 33.0 Å². The minimum Gasteiger partial charge on any atom is -0.354 e. The number of carbonyl (C=O) groups excluding carboxylic acids is 1. The molecule has 0 radical (unpaired) electrons. The minimum absolute atomic E-state index is 0.0393. The first kappa shape index (κ1) is 23.5. The van der Waals surface area contributed by atoms with E-state index in [9.17, 15) is 9.59 Å². The first-order valence-corrected chi connectivity index (χ1v) is 13.7. The van der Waals surface area contributed by atoms with Gasteiger partial charge >= 0.3 is 0 Å². The van der Waals surface area contributed by atoms with E-state index >= 15 is 0 Å². The Bertz CT molecular complexity index is 1180. The van der Waals surface area contributed by atoms with Gasteiger partial charge in [-0.3, -0.25) is 14.0 Å². The number of nitrogens with one attached hydrogen (secondary N) is 1. The lowest BCUT2D eigenvalue weighted by Gasteiger charge is -2.40. The van der Waals surface area contributed by atoms with E-state index in [-0.39, 0.29) is 18.0 Å². The van der Waals surface area contributed by atoms with E-state index in [4.69, 9.17) is 0 Å². The lowest BCUT2D eigenvalue weighted by molar-refractivity contribution is -0.121. The van der Waals surface area contributed by atoms with Crippen LogP contribution in [0.15, 0.2) is 22.3 Å². The van der Waals surface area contributed by atoms with E-state index in [1.807, 2.05) is 28.8 Å². The molecule has 8 nitrogen and oxygen atoms in total. The molecule has 1 amide bonds. The molecule has 0 bridgehead atoms.